The molecule has 19 heavy (non-hydrogen) atoms. The first kappa shape index (κ1) is 13.7. The summed E-state index contributed by atoms with van der Waals surface area (Å²) in [6, 6.07) is 7.92. The molecule has 0 atom stereocenters. The molecule has 1 saturated heterocycles. The van der Waals surface area contributed by atoms with E-state index in [1.165, 1.54) is 10.6 Å². The highest BCUT2D eigenvalue weighted by Gasteiger charge is 2.10. The van der Waals surface area contributed by atoms with Crippen molar-refractivity contribution in [2.75, 3.05) is 51.8 Å². The van der Waals surface area contributed by atoms with Crippen LogP contribution in [0.2, 0.25) is 0 Å². The zero-order valence-electron chi connectivity index (χ0n) is 11.6. The maximum Gasteiger partial charge on any atom is 0.259 e. The van der Waals surface area contributed by atoms with Gasteiger partial charge >= 0.3 is 0 Å². The van der Waals surface area contributed by atoms with Crippen molar-refractivity contribution < 1.29 is 9.53 Å². The molecule has 1 aliphatic rings. The second kappa shape index (κ2) is 6.43. The zero-order chi connectivity index (χ0) is 13.7. The summed E-state index contributed by atoms with van der Waals surface area (Å²) >= 11 is 0. The minimum atomic E-state index is -0.0359. The SMILES string of the molecule is CN(C)C(=O)COc1ccc(N2CCNCC2)cc1. The molecule has 104 valence electrons. The monoisotopic (exact) mass is 263 g/mol. The van der Waals surface area contributed by atoms with Crippen molar-refractivity contribution in [2.45, 2.75) is 0 Å². The Hall–Kier alpha value is -1.75. The summed E-state index contributed by atoms with van der Waals surface area (Å²) in [4.78, 5) is 15.3. The normalized spacial score (nSPS) is 15.2. The van der Waals surface area contributed by atoms with Gasteiger partial charge in [-0.05, 0) is 24.3 Å². The van der Waals surface area contributed by atoms with Crippen LogP contribution in [0.1, 0.15) is 0 Å². The molecule has 1 heterocycles. The van der Waals surface area contributed by atoms with Crippen molar-refractivity contribution in [3.63, 3.8) is 0 Å². The van der Waals surface area contributed by atoms with Crippen molar-refractivity contribution in [1.29, 1.82) is 0 Å². The first-order valence-corrected chi connectivity index (χ1v) is 6.55. The molecular weight excluding hydrogens is 242 g/mol. The number of amides is 1. The van der Waals surface area contributed by atoms with E-state index in [4.69, 9.17) is 4.74 Å². The Labute approximate surface area is 114 Å². The van der Waals surface area contributed by atoms with Gasteiger partial charge < -0.3 is 19.9 Å². The van der Waals surface area contributed by atoms with Gasteiger partial charge in [0.25, 0.3) is 5.91 Å². The van der Waals surface area contributed by atoms with Gasteiger partial charge in [0.15, 0.2) is 6.61 Å². The van der Waals surface area contributed by atoms with Crippen LogP contribution in [0.5, 0.6) is 5.75 Å². The Morgan fingerprint density at radius 3 is 2.47 bits per heavy atom. The van der Waals surface area contributed by atoms with Crippen LogP contribution in [0.15, 0.2) is 24.3 Å². The van der Waals surface area contributed by atoms with Crippen LogP contribution in [-0.4, -0.2) is 57.7 Å². The highest BCUT2D eigenvalue weighted by atomic mass is 16.5. The third-order valence-electron chi connectivity index (χ3n) is 3.18. The van der Waals surface area contributed by atoms with E-state index in [0.717, 1.165) is 31.9 Å². The number of carbonyl (C=O) groups excluding carboxylic acids is 1. The van der Waals surface area contributed by atoms with Gasteiger partial charge in [-0.15, -0.1) is 0 Å². The van der Waals surface area contributed by atoms with Crippen LogP contribution in [0.3, 0.4) is 0 Å². The third-order valence-corrected chi connectivity index (χ3v) is 3.18. The van der Waals surface area contributed by atoms with Crippen molar-refractivity contribution in [1.82, 2.24) is 10.2 Å². The molecule has 5 nitrogen and oxygen atoms in total. The Kier molecular flexibility index (Phi) is 4.63. The summed E-state index contributed by atoms with van der Waals surface area (Å²) in [5.41, 5.74) is 1.20. The molecule has 0 saturated carbocycles. The van der Waals surface area contributed by atoms with E-state index in [9.17, 15) is 4.79 Å². The molecule has 1 fully saturated rings. The fraction of sp³-hybridized carbons (Fsp3) is 0.500. The molecule has 0 spiro atoms. The molecule has 0 radical (unpaired) electrons. The summed E-state index contributed by atoms with van der Waals surface area (Å²) < 4.78 is 5.45. The van der Waals surface area contributed by atoms with Gasteiger partial charge in [-0.3, -0.25) is 4.79 Å². The van der Waals surface area contributed by atoms with Crippen LogP contribution in [0, 0.1) is 0 Å². The standard InChI is InChI=1S/C14H21N3O2/c1-16(2)14(18)11-19-13-5-3-12(4-6-13)17-9-7-15-8-10-17/h3-6,15H,7-11H2,1-2H3. The van der Waals surface area contributed by atoms with E-state index in [0.29, 0.717) is 0 Å². The highest BCUT2D eigenvalue weighted by molar-refractivity contribution is 5.77. The number of anilines is 1. The lowest BCUT2D eigenvalue weighted by Crippen LogP contribution is -2.43. The lowest BCUT2D eigenvalue weighted by atomic mass is 10.2. The van der Waals surface area contributed by atoms with Gasteiger partial charge in [-0.1, -0.05) is 0 Å². The average molecular weight is 263 g/mol. The molecule has 0 bridgehead atoms. The maximum atomic E-state index is 11.4. The molecule has 2 rings (SSSR count). The molecule has 1 N–H and O–H groups in total. The minimum Gasteiger partial charge on any atom is -0.484 e. The number of hydrogen-bond acceptors (Lipinski definition) is 4. The number of ether oxygens (including phenoxy) is 1. The quantitative estimate of drug-likeness (QED) is 0.862. The molecular formula is C14H21N3O2. The first-order valence-electron chi connectivity index (χ1n) is 6.55. The Balaban J connectivity index is 1.89. The summed E-state index contributed by atoms with van der Waals surface area (Å²) in [6.07, 6.45) is 0. The van der Waals surface area contributed by atoms with Crippen molar-refractivity contribution >= 4 is 11.6 Å². The second-order valence-corrected chi connectivity index (χ2v) is 4.81. The topological polar surface area (TPSA) is 44.8 Å². The van der Waals surface area contributed by atoms with E-state index in [1.807, 2.05) is 24.3 Å². The highest BCUT2D eigenvalue weighted by Crippen LogP contribution is 2.19. The molecule has 1 aliphatic heterocycles. The summed E-state index contributed by atoms with van der Waals surface area (Å²) in [5.74, 6) is 0.695. The number of likely N-dealkylation sites (N-methyl/N-ethyl adjacent to an activating group) is 1. The summed E-state index contributed by atoms with van der Waals surface area (Å²) in [5, 5.41) is 3.33. The van der Waals surface area contributed by atoms with Gasteiger partial charge in [0.1, 0.15) is 5.75 Å². The van der Waals surface area contributed by atoms with E-state index >= 15 is 0 Å². The molecule has 1 amide bonds. The smallest absolute Gasteiger partial charge is 0.259 e. The van der Waals surface area contributed by atoms with E-state index < -0.39 is 0 Å². The Morgan fingerprint density at radius 1 is 1.26 bits per heavy atom. The van der Waals surface area contributed by atoms with Crippen molar-refractivity contribution in [2.24, 2.45) is 0 Å². The van der Waals surface area contributed by atoms with Gasteiger partial charge in [-0.2, -0.15) is 0 Å². The minimum absolute atomic E-state index is 0.0359. The number of nitrogens with zero attached hydrogens (tertiary/aromatic N) is 2. The number of benzene rings is 1. The van der Waals surface area contributed by atoms with Crippen LogP contribution in [0.25, 0.3) is 0 Å². The van der Waals surface area contributed by atoms with Crippen LogP contribution in [-0.2, 0) is 4.79 Å². The second-order valence-electron chi connectivity index (χ2n) is 4.81. The summed E-state index contributed by atoms with van der Waals surface area (Å²) in [7, 11) is 3.44. The number of nitrogens with one attached hydrogen (secondary N) is 1. The first-order chi connectivity index (χ1) is 9.16. The summed E-state index contributed by atoms with van der Waals surface area (Å²) in [6.45, 7) is 4.18. The van der Waals surface area contributed by atoms with Crippen molar-refractivity contribution in [3.8, 4) is 5.75 Å². The zero-order valence-corrected chi connectivity index (χ0v) is 11.6. The third kappa shape index (κ3) is 3.86. The maximum absolute atomic E-state index is 11.4. The van der Waals surface area contributed by atoms with E-state index in [-0.39, 0.29) is 12.5 Å². The van der Waals surface area contributed by atoms with E-state index in [2.05, 4.69) is 10.2 Å². The number of piperazine rings is 1. The average Bonchev–Trinajstić information content (AvgIpc) is 2.46. The molecule has 1 aromatic carbocycles. The number of hydrogen-bond donors (Lipinski definition) is 1. The predicted molar refractivity (Wildman–Crippen MR) is 75.7 cm³/mol. The molecule has 5 heteroatoms. The molecule has 0 aromatic heterocycles. The number of carbonyl (C=O) groups is 1. The van der Waals surface area contributed by atoms with Gasteiger partial charge in [-0.25, -0.2) is 0 Å². The van der Waals surface area contributed by atoms with Gasteiger partial charge in [0.05, 0.1) is 0 Å². The Bertz CT molecular complexity index is 411. The predicted octanol–water partition coefficient (Wildman–Crippen LogP) is 0.563. The van der Waals surface area contributed by atoms with E-state index in [1.54, 1.807) is 14.1 Å². The fourth-order valence-electron chi connectivity index (χ4n) is 1.95. The van der Waals surface area contributed by atoms with Gasteiger partial charge in [0, 0.05) is 46.0 Å². The lowest BCUT2D eigenvalue weighted by molar-refractivity contribution is -0.130. The lowest BCUT2D eigenvalue weighted by Gasteiger charge is -2.29. The van der Waals surface area contributed by atoms with Crippen LogP contribution in [0.4, 0.5) is 5.69 Å². The largest absolute Gasteiger partial charge is 0.484 e. The molecule has 1 aromatic rings. The Morgan fingerprint density at radius 2 is 1.89 bits per heavy atom. The fourth-order valence-corrected chi connectivity index (χ4v) is 1.95. The van der Waals surface area contributed by atoms with Gasteiger partial charge in [0.2, 0.25) is 0 Å². The number of rotatable bonds is 4. The van der Waals surface area contributed by atoms with Crippen LogP contribution >= 0.6 is 0 Å². The molecule has 0 unspecified atom stereocenters. The molecule has 0 aliphatic carbocycles. The van der Waals surface area contributed by atoms with Crippen molar-refractivity contribution in [3.05, 3.63) is 24.3 Å². The van der Waals surface area contributed by atoms with Crippen LogP contribution < -0.4 is 15.0 Å².